The summed E-state index contributed by atoms with van der Waals surface area (Å²) in [7, 11) is 0. The highest BCUT2D eigenvalue weighted by Crippen LogP contribution is 2.53. The van der Waals surface area contributed by atoms with Gasteiger partial charge in [-0.05, 0) is 35.6 Å². The molecule has 2 atom stereocenters. The number of carbonyl (C=O) groups is 1. The molecule has 1 fully saturated rings. The zero-order valence-corrected chi connectivity index (χ0v) is 14.2. The molecule has 1 saturated heterocycles. The molecule has 7 heteroatoms. The number of alkyl halides is 3. The Morgan fingerprint density at radius 2 is 1.85 bits per heavy atom. The fourth-order valence-corrected chi connectivity index (χ4v) is 4.58. The van der Waals surface area contributed by atoms with Crippen molar-refractivity contribution in [2.75, 3.05) is 11.9 Å². The van der Waals surface area contributed by atoms with Crippen LogP contribution >= 0.6 is 0 Å². The number of nitrogens with zero attached hydrogens (tertiary/aromatic N) is 1. The maximum atomic E-state index is 13.2. The summed E-state index contributed by atoms with van der Waals surface area (Å²) < 4.78 is 39.5. The first-order valence-corrected chi connectivity index (χ1v) is 8.73. The third kappa shape index (κ3) is 2.14. The molecule has 3 heterocycles. The Labute approximate surface area is 153 Å². The average Bonchev–Trinajstić information content (AvgIpc) is 3.30. The van der Waals surface area contributed by atoms with E-state index in [1.165, 1.54) is 0 Å². The lowest BCUT2D eigenvalue weighted by molar-refractivity contribution is -0.186. The van der Waals surface area contributed by atoms with Crippen molar-refractivity contribution in [3.8, 4) is 0 Å². The maximum Gasteiger partial charge on any atom is 0.471 e. The third-order valence-corrected chi connectivity index (χ3v) is 5.74. The molecule has 0 aliphatic carbocycles. The normalized spacial score (nSPS) is 24.0. The molecule has 2 N–H and O–H groups in total. The molecule has 1 aromatic heterocycles. The molecule has 2 aromatic carbocycles. The monoisotopic (exact) mass is 371 g/mol. The van der Waals surface area contributed by atoms with E-state index < -0.39 is 23.7 Å². The number of aromatic nitrogens is 1. The highest BCUT2D eigenvalue weighted by atomic mass is 19.4. The lowest BCUT2D eigenvalue weighted by atomic mass is 9.76. The Bertz CT molecular complexity index is 1020. The van der Waals surface area contributed by atoms with Crippen LogP contribution in [0.15, 0.2) is 54.6 Å². The lowest BCUT2D eigenvalue weighted by Gasteiger charge is -2.32. The molecule has 0 spiro atoms. The summed E-state index contributed by atoms with van der Waals surface area (Å²) in [4.78, 5) is 16.4. The quantitative estimate of drug-likeness (QED) is 0.679. The number of hydrogen-bond acceptors (Lipinski definition) is 2. The molecular formula is C20H16F3N3O. The molecule has 2 aliphatic heterocycles. The fraction of sp³-hybridized carbons (Fsp3) is 0.250. The molecule has 2 aliphatic rings. The van der Waals surface area contributed by atoms with E-state index in [0.29, 0.717) is 6.42 Å². The highest BCUT2D eigenvalue weighted by molar-refractivity contribution is 5.86. The number of hydrogen-bond donors (Lipinski definition) is 2. The maximum absolute atomic E-state index is 13.2. The molecule has 4 nitrogen and oxygen atoms in total. The lowest BCUT2D eigenvalue weighted by Crippen LogP contribution is -2.50. The van der Waals surface area contributed by atoms with E-state index in [4.69, 9.17) is 0 Å². The number of nitrogens with one attached hydrogen (secondary N) is 2. The minimum atomic E-state index is -4.90. The second-order valence-electron chi connectivity index (χ2n) is 7.08. The van der Waals surface area contributed by atoms with Gasteiger partial charge < -0.3 is 15.2 Å². The van der Waals surface area contributed by atoms with Crippen LogP contribution in [0.1, 0.15) is 17.7 Å². The van der Waals surface area contributed by atoms with Crippen molar-refractivity contribution in [1.29, 1.82) is 0 Å². The smallest absolute Gasteiger partial charge is 0.364 e. The van der Waals surface area contributed by atoms with Crippen molar-refractivity contribution in [2.24, 2.45) is 0 Å². The average molecular weight is 371 g/mol. The number of amides is 1. The van der Waals surface area contributed by atoms with E-state index in [-0.39, 0.29) is 6.54 Å². The number of aromatic amines is 1. The zero-order valence-electron chi connectivity index (χ0n) is 14.2. The first-order chi connectivity index (χ1) is 12.9. The molecule has 0 radical (unpaired) electrons. The van der Waals surface area contributed by atoms with Gasteiger partial charge in [0.15, 0.2) is 0 Å². The van der Waals surface area contributed by atoms with Crippen LogP contribution in [0.3, 0.4) is 0 Å². The van der Waals surface area contributed by atoms with Crippen LogP contribution in [0.5, 0.6) is 0 Å². The van der Waals surface area contributed by atoms with E-state index in [1.807, 2.05) is 54.6 Å². The van der Waals surface area contributed by atoms with Crippen molar-refractivity contribution in [1.82, 2.24) is 9.88 Å². The van der Waals surface area contributed by atoms with Crippen LogP contribution in [0.25, 0.3) is 10.9 Å². The number of carbonyl (C=O) groups excluding carboxylic acids is 1. The van der Waals surface area contributed by atoms with Crippen LogP contribution in [0.4, 0.5) is 18.9 Å². The largest absolute Gasteiger partial charge is 0.471 e. The Morgan fingerprint density at radius 1 is 1.11 bits per heavy atom. The van der Waals surface area contributed by atoms with Crippen LogP contribution in [0, 0.1) is 0 Å². The number of fused-ring (bicyclic) bond motifs is 4. The van der Waals surface area contributed by atoms with Gasteiger partial charge >= 0.3 is 12.1 Å². The van der Waals surface area contributed by atoms with Crippen molar-refractivity contribution < 1.29 is 18.0 Å². The topological polar surface area (TPSA) is 48.1 Å². The number of benzene rings is 2. The van der Waals surface area contributed by atoms with Crippen molar-refractivity contribution >= 4 is 22.5 Å². The summed E-state index contributed by atoms with van der Waals surface area (Å²) in [6, 6.07) is 17.2. The van der Waals surface area contributed by atoms with Gasteiger partial charge in [0.1, 0.15) is 6.17 Å². The molecule has 2 unspecified atom stereocenters. The first kappa shape index (κ1) is 16.2. The van der Waals surface area contributed by atoms with Crippen LogP contribution in [-0.4, -0.2) is 34.7 Å². The van der Waals surface area contributed by atoms with E-state index in [1.54, 1.807) is 0 Å². The van der Waals surface area contributed by atoms with Crippen LogP contribution in [0.2, 0.25) is 0 Å². The molecule has 3 aromatic rings. The second-order valence-corrected chi connectivity index (χ2v) is 7.08. The molecule has 1 amide bonds. The molecule has 0 saturated carbocycles. The number of para-hydroxylation sites is 2. The fourth-order valence-electron chi connectivity index (χ4n) is 4.58. The number of rotatable bonds is 1. The number of likely N-dealkylation sites (tertiary alicyclic amines) is 1. The third-order valence-electron chi connectivity index (χ3n) is 5.74. The predicted octanol–water partition coefficient (Wildman–Crippen LogP) is 4.00. The van der Waals surface area contributed by atoms with Crippen LogP contribution < -0.4 is 5.32 Å². The Morgan fingerprint density at radius 3 is 2.63 bits per heavy atom. The zero-order chi connectivity index (χ0) is 18.8. The SMILES string of the molecule is O=C(N1CCC2(c3cc4ccccc4[nH]3)c3ccccc3NC12)C(F)(F)F. The minimum absolute atomic E-state index is 0.0414. The van der Waals surface area contributed by atoms with Gasteiger partial charge in [-0.3, -0.25) is 4.79 Å². The molecule has 27 heavy (non-hydrogen) atoms. The van der Waals surface area contributed by atoms with Crippen molar-refractivity contribution in [3.05, 3.63) is 65.9 Å². The summed E-state index contributed by atoms with van der Waals surface area (Å²) in [5.74, 6) is -1.80. The minimum Gasteiger partial charge on any atom is -0.364 e. The highest BCUT2D eigenvalue weighted by Gasteiger charge is 2.60. The summed E-state index contributed by atoms with van der Waals surface area (Å²) in [6.45, 7) is 0.0414. The van der Waals surface area contributed by atoms with Gasteiger partial charge in [-0.25, -0.2) is 0 Å². The van der Waals surface area contributed by atoms with Gasteiger partial charge in [0.05, 0.1) is 5.41 Å². The number of halogens is 3. The van der Waals surface area contributed by atoms with E-state index >= 15 is 0 Å². The van der Waals surface area contributed by atoms with E-state index in [9.17, 15) is 18.0 Å². The first-order valence-electron chi connectivity index (χ1n) is 8.73. The van der Waals surface area contributed by atoms with Gasteiger partial charge in [-0.15, -0.1) is 0 Å². The Hall–Kier alpha value is -2.96. The van der Waals surface area contributed by atoms with E-state index in [0.717, 1.165) is 32.7 Å². The number of anilines is 1. The van der Waals surface area contributed by atoms with Crippen molar-refractivity contribution in [3.63, 3.8) is 0 Å². The summed E-state index contributed by atoms with van der Waals surface area (Å²) in [6.07, 6.45) is -5.26. The van der Waals surface area contributed by atoms with Gasteiger partial charge in [0.2, 0.25) is 0 Å². The Balaban J connectivity index is 1.70. The molecule has 0 bridgehead atoms. The molecule has 138 valence electrons. The standard InChI is InChI=1S/C20H16F3N3O/c21-20(22,23)18(27)26-10-9-19(13-6-2-4-8-15(13)25-17(19)26)16-11-12-5-1-3-7-14(12)24-16/h1-8,11,17,24-25H,9-10H2. The van der Waals surface area contributed by atoms with Gasteiger partial charge in [-0.2, -0.15) is 13.2 Å². The second kappa shape index (κ2) is 5.28. The summed E-state index contributed by atoms with van der Waals surface area (Å²) >= 11 is 0. The predicted molar refractivity (Wildman–Crippen MR) is 95.3 cm³/mol. The van der Waals surface area contributed by atoms with Gasteiger partial charge in [0.25, 0.3) is 0 Å². The summed E-state index contributed by atoms with van der Waals surface area (Å²) in [5, 5.41) is 4.16. The van der Waals surface area contributed by atoms with Crippen LogP contribution in [-0.2, 0) is 10.2 Å². The van der Waals surface area contributed by atoms with E-state index in [2.05, 4.69) is 10.3 Å². The Kier molecular flexibility index (Phi) is 3.17. The molecular weight excluding hydrogens is 355 g/mol. The summed E-state index contributed by atoms with van der Waals surface area (Å²) in [5.41, 5.74) is 2.69. The van der Waals surface area contributed by atoms with Gasteiger partial charge in [0, 0.05) is 23.4 Å². The van der Waals surface area contributed by atoms with Gasteiger partial charge in [-0.1, -0.05) is 36.4 Å². The van der Waals surface area contributed by atoms with Crippen molar-refractivity contribution in [2.45, 2.75) is 24.2 Å². The molecule has 5 rings (SSSR count). The number of H-pyrrole nitrogens is 1.